The van der Waals surface area contributed by atoms with Crippen LogP contribution in [-0.4, -0.2) is 35.3 Å². The van der Waals surface area contributed by atoms with Crippen molar-refractivity contribution in [2.45, 2.75) is 33.0 Å². The lowest BCUT2D eigenvalue weighted by atomic mass is 10.2. The molecular formula is C14H21NO3. The summed E-state index contributed by atoms with van der Waals surface area (Å²) in [5, 5.41) is 9.21. The number of benzene rings is 1. The molecule has 0 aliphatic heterocycles. The van der Waals surface area contributed by atoms with E-state index in [1.165, 1.54) is 0 Å². The Balaban J connectivity index is 2.38. The smallest absolute Gasteiger partial charge is 0.410 e. The number of hydrogen-bond donors (Lipinski definition) is 1. The van der Waals surface area contributed by atoms with E-state index in [1.54, 1.807) is 11.8 Å². The molecule has 18 heavy (non-hydrogen) atoms. The van der Waals surface area contributed by atoms with Gasteiger partial charge in [-0.25, -0.2) is 4.79 Å². The Hall–Kier alpha value is -1.55. The summed E-state index contributed by atoms with van der Waals surface area (Å²) in [6.07, 6.45) is -0.170. The number of aliphatic hydroxyl groups excluding tert-OH is 1. The first kappa shape index (κ1) is 14.5. The van der Waals surface area contributed by atoms with Gasteiger partial charge in [0, 0.05) is 13.1 Å². The zero-order chi connectivity index (χ0) is 13.4. The van der Waals surface area contributed by atoms with Crippen LogP contribution in [0.1, 0.15) is 25.8 Å². The topological polar surface area (TPSA) is 49.8 Å². The Kier molecular flexibility index (Phi) is 6.22. The molecule has 0 heterocycles. The summed E-state index contributed by atoms with van der Waals surface area (Å²) in [5.41, 5.74) is 0.970. The molecule has 0 saturated heterocycles. The third-order valence-electron chi connectivity index (χ3n) is 2.66. The molecule has 0 radical (unpaired) electrons. The van der Waals surface area contributed by atoms with Crippen molar-refractivity contribution in [3.8, 4) is 0 Å². The lowest BCUT2D eigenvalue weighted by Crippen LogP contribution is -2.33. The highest BCUT2D eigenvalue weighted by Crippen LogP contribution is 2.04. The molecule has 1 amide bonds. The van der Waals surface area contributed by atoms with Gasteiger partial charge in [0.05, 0.1) is 6.10 Å². The molecular weight excluding hydrogens is 230 g/mol. The van der Waals surface area contributed by atoms with Gasteiger partial charge in [0.15, 0.2) is 0 Å². The lowest BCUT2D eigenvalue weighted by molar-refractivity contribution is 0.0903. The largest absolute Gasteiger partial charge is 0.445 e. The van der Waals surface area contributed by atoms with Crippen molar-refractivity contribution in [2.75, 3.05) is 13.1 Å². The van der Waals surface area contributed by atoms with E-state index in [2.05, 4.69) is 0 Å². The van der Waals surface area contributed by atoms with Crippen LogP contribution in [0.25, 0.3) is 0 Å². The average molecular weight is 251 g/mol. The number of carbonyl (C=O) groups excluding carboxylic acids is 1. The summed E-state index contributed by atoms with van der Waals surface area (Å²) in [4.78, 5) is 13.4. The molecule has 0 aromatic heterocycles. The number of ether oxygens (including phenoxy) is 1. The van der Waals surface area contributed by atoms with E-state index in [1.807, 2.05) is 37.3 Å². The number of hydrogen-bond acceptors (Lipinski definition) is 3. The van der Waals surface area contributed by atoms with Gasteiger partial charge in [-0.15, -0.1) is 0 Å². The Morgan fingerprint density at radius 3 is 2.61 bits per heavy atom. The minimum atomic E-state index is -0.402. The summed E-state index contributed by atoms with van der Waals surface area (Å²) < 4.78 is 5.22. The normalized spacial score (nSPS) is 11.9. The van der Waals surface area contributed by atoms with Crippen LogP contribution in [0.2, 0.25) is 0 Å². The molecule has 4 heteroatoms. The van der Waals surface area contributed by atoms with E-state index < -0.39 is 6.10 Å². The van der Waals surface area contributed by atoms with Gasteiger partial charge >= 0.3 is 6.09 Å². The van der Waals surface area contributed by atoms with Crippen LogP contribution in [-0.2, 0) is 11.3 Å². The van der Waals surface area contributed by atoms with Crippen LogP contribution in [0.5, 0.6) is 0 Å². The first-order valence-corrected chi connectivity index (χ1v) is 6.27. The molecule has 0 spiro atoms. The average Bonchev–Trinajstić information content (AvgIpc) is 2.38. The number of rotatable bonds is 6. The second-order valence-corrected chi connectivity index (χ2v) is 4.26. The maximum absolute atomic E-state index is 11.8. The van der Waals surface area contributed by atoms with Crippen molar-refractivity contribution in [3.63, 3.8) is 0 Å². The highest BCUT2D eigenvalue weighted by atomic mass is 16.6. The van der Waals surface area contributed by atoms with Gasteiger partial charge in [-0.05, 0) is 25.8 Å². The number of aliphatic hydroxyl groups is 1. The summed E-state index contributed by atoms with van der Waals surface area (Å²) in [7, 11) is 0. The first-order valence-electron chi connectivity index (χ1n) is 6.27. The number of amides is 1. The van der Waals surface area contributed by atoms with Gasteiger partial charge in [-0.3, -0.25) is 0 Å². The fraction of sp³-hybridized carbons (Fsp3) is 0.500. The molecule has 0 saturated carbocycles. The predicted octanol–water partition coefficient (Wildman–Crippen LogP) is 2.42. The molecule has 4 nitrogen and oxygen atoms in total. The third-order valence-corrected chi connectivity index (χ3v) is 2.66. The molecule has 1 N–H and O–H groups in total. The van der Waals surface area contributed by atoms with Crippen LogP contribution in [0.15, 0.2) is 30.3 Å². The molecule has 1 unspecified atom stereocenters. The molecule has 0 fully saturated rings. The fourth-order valence-corrected chi connectivity index (χ4v) is 1.53. The number of nitrogens with zero attached hydrogens (tertiary/aromatic N) is 1. The quantitative estimate of drug-likeness (QED) is 0.844. The first-order chi connectivity index (χ1) is 8.63. The van der Waals surface area contributed by atoms with Gasteiger partial charge < -0.3 is 14.7 Å². The monoisotopic (exact) mass is 251 g/mol. The Labute approximate surface area is 108 Å². The molecule has 0 bridgehead atoms. The minimum Gasteiger partial charge on any atom is -0.445 e. The van der Waals surface area contributed by atoms with Crippen molar-refractivity contribution < 1.29 is 14.6 Å². The molecule has 0 aliphatic rings. The van der Waals surface area contributed by atoms with Gasteiger partial charge in [-0.2, -0.15) is 0 Å². The zero-order valence-corrected chi connectivity index (χ0v) is 11.0. The lowest BCUT2D eigenvalue weighted by Gasteiger charge is -2.21. The van der Waals surface area contributed by atoms with Crippen molar-refractivity contribution in [2.24, 2.45) is 0 Å². The highest BCUT2D eigenvalue weighted by molar-refractivity contribution is 5.67. The second kappa shape index (κ2) is 7.71. The van der Waals surface area contributed by atoms with E-state index in [4.69, 9.17) is 4.74 Å². The van der Waals surface area contributed by atoms with Crippen LogP contribution in [0, 0.1) is 0 Å². The van der Waals surface area contributed by atoms with E-state index in [9.17, 15) is 9.90 Å². The Morgan fingerprint density at radius 2 is 2.06 bits per heavy atom. The third kappa shape index (κ3) is 5.19. The van der Waals surface area contributed by atoms with Crippen LogP contribution >= 0.6 is 0 Å². The van der Waals surface area contributed by atoms with Crippen molar-refractivity contribution in [1.82, 2.24) is 4.90 Å². The predicted molar refractivity (Wildman–Crippen MR) is 70.2 cm³/mol. The minimum absolute atomic E-state index is 0.283. The maximum Gasteiger partial charge on any atom is 0.410 e. The number of carbonyl (C=O) groups is 1. The van der Waals surface area contributed by atoms with E-state index >= 15 is 0 Å². The van der Waals surface area contributed by atoms with Crippen molar-refractivity contribution >= 4 is 6.09 Å². The van der Waals surface area contributed by atoms with Gasteiger partial charge in [0.1, 0.15) is 6.61 Å². The summed E-state index contributed by atoms with van der Waals surface area (Å²) in [6.45, 7) is 4.99. The molecule has 1 aromatic rings. The maximum atomic E-state index is 11.8. The van der Waals surface area contributed by atoms with Crippen molar-refractivity contribution in [1.29, 1.82) is 0 Å². The zero-order valence-electron chi connectivity index (χ0n) is 11.0. The molecule has 0 aliphatic carbocycles. The van der Waals surface area contributed by atoms with Crippen LogP contribution < -0.4 is 0 Å². The van der Waals surface area contributed by atoms with Crippen LogP contribution in [0.4, 0.5) is 4.79 Å². The molecule has 100 valence electrons. The summed E-state index contributed by atoms with van der Waals surface area (Å²) in [5.74, 6) is 0. The fourth-order valence-electron chi connectivity index (χ4n) is 1.53. The molecule has 1 rings (SSSR count). The van der Waals surface area contributed by atoms with E-state index in [0.29, 0.717) is 19.5 Å². The van der Waals surface area contributed by atoms with Crippen LogP contribution in [0.3, 0.4) is 0 Å². The van der Waals surface area contributed by atoms with Crippen molar-refractivity contribution in [3.05, 3.63) is 35.9 Å². The SMILES string of the molecule is CCN(CCC(C)O)C(=O)OCc1ccccc1. The second-order valence-electron chi connectivity index (χ2n) is 4.26. The standard InChI is InChI=1S/C14H21NO3/c1-3-15(10-9-12(2)16)14(17)18-11-13-7-5-4-6-8-13/h4-8,12,16H,3,9-11H2,1-2H3. The van der Waals surface area contributed by atoms with E-state index in [0.717, 1.165) is 5.56 Å². The molecule has 1 atom stereocenters. The summed E-state index contributed by atoms with van der Waals surface area (Å²) >= 11 is 0. The Bertz CT molecular complexity index is 351. The van der Waals surface area contributed by atoms with Gasteiger partial charge in [0.25, 0.3) is 0 Å². The summed E-state index contributed by atoms with van der Waals surface area (Å²) in [6, 6.07) is 9.58. The highest BCUT2D eigenvalue weighted by Gasteiger charge is 2.13. The van der Waals surface area contributed by atoms with E-state index in [-0.39, 0.29) is 12.7 Å². The van der Waals surface area contributed by atoms with Gasteiger partial charge in [0.2, 0.25) is 0 Å². The van der Waals surface area contributed by atoms with Gasteiger partial charge in [-0.1, -0.05) is 30.3 Å². The Morgan fingerprint density at radius 1 is 1.39 bits per heavy atom. The molecule has 1 aromatic carbocycles.